The van der Waals surface area contributed by atoms with Crippen LogP contribution in [0.4, 0.5) is 0 Å². The van der Waals surface area contributed by atoms with Gasteiger partial charge in [0.2, 0.25) is 11.8 Å². The second-order valence-corrected chi connectivity index (χ2v) is 9.48. The van der Waals surface area contributed by atoms with Gasteiger partial charge in [0.1, 0.15) is 6.04 Å². The predicted octanol–water partition coefficient (Wildman–Crippen LogP) is 3.98. The smallest absolute Gasteiger partial charge is 0.331 e. The van der Waals surface area contributed by atoms with Crippen molar-refractivity contribution >= 4 is 17.8 Å². The molecule has 1 atom stereocenters. The minimum Gasteiger partial charge on any atom is -0.478 e. The first-order valence-corrected chi connectivity index (χ1v) is 11.4. The lowest BCUT2D eigenvalue weighted by atomic mass is 9.83. The fourth-order valence-electron chi connectivity index (χ4n) is 2.98. The summed E-state index contributed by atoms with van der Waals surface area (Å²) < 4.78 is 0. The number of aliphatic carboxylic acids is 1. The number of nitrogens with one attached hydrogen (secondary N) is 2. The lowest BCUT2D eigenvalue weighted by Crippen LogP contribution is -2.63. The zero-order valence-electron chi connectivity index (χ0n) is 21.7. The van der Waals surface area contributed by atoms with E-state index in [9.17, 15) is 14.4 Å². The number of carbonyl (C=O) groups is 3. The van der Waals surface area contributed by atoms with Gasteiger partial charge in [0.05, 0.1) is 5.54 Å². The molecule has 0 aliphatic heterocycles. The van der Waals surface area contributed by atoms with Crippen LogP contribution < -0.4 is 10.6 Å². The number of rotatable bonds is 10. The monoisotopic (exact) mass is 441 g/mol. The molecule has 3 N–H and O–H groups in total. The van der Waals surface area contributed by atoms with E-state index in [0.29, 0.717) is 12.8 Å². The molecule has 7 nitrogen and oxygen atoms in total. The molecule has 0 saturated carbocycles. The number of amides is 2. The van der Waals surface area contributed by atoms with Crippen molar-refractivity contribution in [1.82, 2.24) is 15.5 Å². The molecule has 0 rings (SSSR count). The fraction of sp³-hybridized carbons (Fsp3) is 0.792. The topological polar surface area (TPSA) is 98.7 Å². The summed E-state index contributed by atoms with van der Waals surface area (Å²) in [4.78, 5) is 38.6. The number of carbonyl (C=O) groups excluding carboxylic acids is 2. The summed E-state index contributed by atoms with van der Waals surface area (Å²) >= 11 is 0. The van der Waals surface area contributed by atoms with Crippen LogP contribution in [0.15, 0.2) is 11.6 Å². The zero-order chi connectivity index (χ0) is 25.0. The Morgan fingerprint density at radius 2 is 1.48 bits per heavy atom. The molecule has 0 spiro atoms. The molecule has 0 aliphatic rings. The van der Waals surface area contributed by atoms with Gasteiger partial charge in [-0.05, 0) is 39.0 Å². The molecule has 2 amide bonds. The van der Waals surface area contributed by atoms with E-state index in [1.807, 2.05) is 48.5 Å². The molecular weight excluding hydrogens is 394 g/mol. The Balaban J connectivity index is 0. The summed E-state index contributed by atoms with van der Waals surface area (Å²) in [5.74, 6) is -1.46. The minimum absolute atomic E-state index is 0.126. The largest absolute Gasteiger partial charge is 0.478 e. The van der Waals surface area contributed by atoms with Gasteiger partial charge in [-0.1, -0.05) is 61.0 Å². The summed E-state index contributed by atoms with van der Waals surface area (Å²) in [7, 11) is 1.61. The highest BCUT2D eigenvalue weighted by Gasteiger charge is 2.41. The molecule has 0 aromatic rings. The third-order valence-corrected chi connectivity index (χ3v) is 4.98. The third-order valence-electron chi connectivity index (χ3n) is 4.98. The average molecular weight is 442 g/mol. The molecule has 182 valence electrons. The van der Waals surface area contributed by atoms with Crippen molar-refractivity contribution in [2.45, 2.75) is 106 Å². The van der Waals surface area contributed by atoms with Gasteiger partial charge in [-0.25, -0.2) is 4.79 Å². The van der Waals surface area contributed by atoms with Crippen LogP contribution in [0.1, 0.15) is 88.5 Å². The van der Waals surface area contributed by atoms with Crippen molar-refractivity contribution in [3.05, 3.63) is 11.6 Å². The van der Waals surface area contributed by atoms with E-state index >= 15 is 0 Å². The van der Waals surface area contributed by atoms with Gasteiger partial charge in [-0.2, -0.15) is 0 Å². The highest BCUT2D eigenvalue weighted by atomic mass is 16.4. The zero-order valence-corrected chi connectivity index (χ0v) is 21.7. The third kappa shape index (κ3) is 10.8. The summed E-state index contributed by atoms with van der Waals surface area (Å²) in [5, 5.41) is 15.3. The molecule has 1 unspecified atom stereocenters. The second-order valence-electron chi connectivity index (χ2n) is 9.48. The van der Waals surface area contributed by atoms with E-state index in [0.717, 1.165) is 0 Å². The highest BCUT2D eigenvalue weighted by molar-refractivity contribution is 5.92. The molecule has 0 fully saturated rings. The summed E-state index contributed by atoms with van der Waals surface area (Å²) in [6.07, 6.45) is 3.95. The van der Waals surface area contributed by atoms with Crippen LogP contribution in [0, 0.1) is 5.41 Å². The number of hydrogen-bond acceptors (Lipinski definition) is 4. The van der Waals surface area contributed by atoms with Crippen LogP contribution in [0.5, 0.6) is 0 Å². The second kappa shape index (κ2) is 14.2. The van der Waals surface area contributed by atoms with Crippen molar-refractivity contribution in [1.29, 1.82) is 0 Å². The first-order valence-electron chi connectivity index (χ1n) is 11.4. The maximum absolute atomic E-state index is 13.2. The van der Waals surface area contributed by atoms with Crippen molar-refractivity contribution in [3.63, 3.8) is 0 Å². The first kappa shape index (κ1) is 31.3. The Labute approximate surface area is 190 Å². The van der Waals surface area contributed by atoms with Crippen LogP contribution in [0.25, 0.3) is 0 Å². The van der Waals surface area contributed by atoms with Crippen LogP contribution in [-0.4, -0.2) is 59.0 Å². The molecular formula is C24H47N3O4. The lowest BCUT2D eigenvalue weighted by molar-refractivity contribution is -0.140. The summed E-state index contributed by atoms with van der Waals surface area (Å²) in [6, 6.07) is -0.601. The summed E-state index contributed by atoms with van der Waals surface area (Å²) in [6.45, 7) is 19.5. The molecule has 0 aliphatic carbocycles. The first-order chi connectivity index (χ1) is 14.1. The van der Waals surface area contributed by atoms with Crippen LogP contribution in [0.2, 0.25) is 0 Å². The van der Waals surface area contributed by atoms with E-state index < -0.39 is 23.0 Å². The average Bonchev–Trinajstić information content (AvgIpc) is 2.66. The van der Waals surface area contributed by atoms with Crippen LogP contribution >= 0.6 is 0 Å². The van der Waals surface area contributed by atoms with Gasteiger partial charge in [0.15, 0.2) is 0 Å². The number of hydrogen-bond donors (Lipinski definition) is 3. The fourth-order valence-corrected chi connectivity index (χ4v) is 2.98. The molecule has 0 aromatic carbocycles. The molecule has 0 heterocycles. The van der Waals surface area contributed by atoms with Gasteiger partial charge in [0.25, 0.3) is 0 Å². The van der Waals surface area contributed by atoms with Crippen LogP contribution in [-0.2, 0) is 14.4 Å². The summed E-state index contributed by atoms with van der Waals surface area (Å²) in [5.41, 5.74) is -1.07. The molecule has 0 radical (unpaired) electrons. The number of likely N-dealkylation sites (N-methyl/N-ethyl adjacent to an activating group) is 1. The van der Waals surface area contributed by atoms with Gasteiger partial charge < -0.3 is 20.6 Å². The maximum Gasteiger partial charge on any atom is 0.331 e. The Bertz CT molecular complexity index is 602. The van der Waals surface area contributed by atoms with E-state index in [-0.39, 0.29) is 30.0 Å². The van der Waals surface area contributed by atoms with Gasteiger partial charge in [0, 0.05) is 25.2 Å². The lowest BCUT2D eigenvalue weighted by Gasteiger charge is -2.39. The predicted molar refractivity (Wildman–Crippen MR) is 128 cm³/mol. The van der Waals surface area contributed by atoms with Crippen molar-refractivity contribution in [2.24, 2.45) is 5.41 Å². The molecule has 0 saturated heterocycles. The normalized spacial score (nSPS) is 13.2. The Hall–Kier alpha value is -1.89. The standard InChI is InChI=1S/C21H39N3O4.C3H8/c1-10-21(11-2,23-14(3)4)19(28)22-16(20(6,7)8)17(25)24(9)13-12-15(5)18(26)27;1-3-2/h12,14,16,23H,10-11,13H2,1-9H3,(H,22,28)(H,26,27);3H2,1-2H3/b15-12+;. The van der Waals surface area contributed by atoms with Gasteiger partial charge in [-0.15, -0.1) is 0 Å². The molecule has 7 heteroatoms. The van der Waals surface area contributed by atoms with E-state index in [4.69, 9.17) is 5.11 Å². The van der Waals surface area contributed by atoms with E-state index in [1.54, 1.807) is 7.05 Å². The van der Waals surface area contributed by atoms with E-state index in [2.05, 4.69) is 24.5 Å². The SMILES string of the molecule is CCC.CCC(CC)(NC(C)C)C(=O)NC(C(=O)N(C)C/C=C(\C)C(=O)O)C(C)(C)C. The Kier molecular flexibility index (Phi) is 14.4. The molecule has 0 aromatic heterocycles. The van der Waals surface area contributed by atoms with E-state index in [1.165, 1.54) is 24.3 Å². The Morgan fingerprint density at radius 1 is 1.03 bits per heavy atom. The Morgan fingerprint density at radius 3 is 1.81 bits per heavy atom. The number of carboxylic acid groups (broad SMARTS) is 1. The van der Waals surface area contributed by atoms with Gasteiger partial charge >= 0.3 is 5.97 Å². The maximum atomic E-state index is 13.2. The molecule has 31 heavy (non-hydrogen) atoms. The van der Waals surface area contributed by atoms with Crippen molar-refractivity contribution < 1.29 is 19.5 Å². The van der Waals surface area contributed by atoms with Crippen molar-refractivity contribution in [2.75, 3.05) is 13.6 Å². The minimum atomic E-state index is -1.02. The number of carboxylic acids is 1. The van der Waals surface area contributed by atoms with Crippen molar-refractivity contribution in [3.8, 4) is 0 Å². The highest BCUT2D eigenvalue weighted by Crippen LogP contribution is 2.24. The number of nitrogens with zero attached hydrogens (tertiary/aromatic N) is 1. The van der Waals surface area contributed by atoms with Crippen LogP contribution in [0.3, 0.4) is 0 Å². The molecule has 0 bridgehead atoms. The van der Waals surface area contributed by atoms with Gasteiger partial charge in [-0.3, -0.25) is 9.59 Å². The quantitative estimate of drug-likeness (QED) is 0.445.